The predicted octanol–water partition coefficient (Wildman–Crippen LogP) is 2.68. The van der Waals surface area contributed by atoms with Gasteiger partial charge in [-0.05, 0) is 19.1 Å². The quantitative estimate of drug-likeness (QED) is 0.680. The van der Waals surface area contributed by atoms with Gasteiger partial charge in [-0.25, -0.2) is 9.67 Å². The normalized spacial score (nSPS) is 10.7. The van der Waals surface area contributed by atoms with Crippen LogP contribution in [0.5, 0.6) is 5.75 Å². The van der Waals surface area contributed by atoms with Crippen LogP contribution >= 0.6 is 0 Å². The van der Waals surface area contributed by atoms with Crippen molar-refractivity contribution < 1.29 is 4.74 Å². The number of rotatable bonds is 6. The van der Waals surface area contributed by atoms with Crippen molar-refractivity contribution in [1.82, 2.24) is 19.7 Å². The van der Waals surface area contributed by atoms with E-state index in [0.29, 0.717) is 12.5 Å². The molecule has 0 spiro atoms. The minimum atomic E-state index is 0.667. The number of nitrogens with zero attached hydrogens (tertiary/aromatic N) is 6. The number of aryl methyl sites for hydroxylation is 1. The highest BCUT2D eigenvalue weighted by Crippen LogP contribution is 2.19. The lowest BCUT2D eigenvalue weighted by Crippen LogP contribution is -2.21. The van der Waals surface area contributed by atoms with Crippen LogP contribution in [0.25, 0.3) is 5.69 Å². The van der Waals surface area contributed by atoms with Crippen molar-refractivity contribution in [2.75, 3.05) is 38.1 Å². The van der Waals surface area contributed by atoms with E-state index in [1.807, 2.05) is 85.4 Å². The van der Waals surface area contributed by atoms with E-state index in [-0.39, 0.29) is 0 Å². The molecule has 3 aromatic rings. The number of hydrogen-bond acceptors (Lipinski definition) is 6. The summed E-state index contributed by atoms with van der Waals surface area (Å²) in [6, 6.07) is 7.81. The summed E-state index contributed by atoms with van der Waals surface area (Å²) in [5.74, 6) is 2.42. The van der Waals surface area contributed by atoms with Gasteiger partial charge < -0.3 is 14.5 Å². The highest BCUT2D eigenvalue weighted by atomic mass is 16.5. The largest absolute Gasteiger partial charge is 0.497 e. The van der Waals surface area contributed by atoms with Crippen LogP contribution in [0, 0.1) is 6.92 Å². The molecule has 0 aliphatic carbocycles. The molecule has 0 unspecified atom stereocenters. The van der Waals surface area contributed by atoms with E-state index in [2.05, 4.69) is 15.1 Å². The van der Waals surface area contributed by atoms with E-state index in [0.717, 1.165) is 28.4 Å². The molecule has 0 radical (unpaired) electrons. The maximum absolute atomic E-state index is 5.28. The fourth-order valence-electron chi connectivity index (χ4n) is 2.74. The highest BCUT2D eigenvalue weighted by molar-refractivity contribution is 5.48. The van der Waals surface area contributed by atoms with Gasteiger partial charge in [-0.2, -0.15) is 10.1 Å². The topological polar surface area (TPSA) is 59.3 Å². The zero-order chi connectivity index (χ0) is 18.7. The minimum absolute atomic E-state index is 0.667. The van der Waals surface area contributed by atoms with Crippen LogP contribution in [-0.4, -0.2) is 48.0 Å². The number of benzene rings is 1. The maximum atomic E-state index is 5.28. The Bertz CT molecular complexity index is 889. The molecule has 0 saturated carbocycles. The summed E-state index contributed by atoms with van der Waals surface area (Å²) in [5.41, 5.74) is 3.09. The molecule has 26 heavy (non-hydrogen) atoms. The van der Waals surface area contributed by atoms with Gasteiger partial charge in [0.2, 0.25) is 5.95 Å². The summed E-state index contributed by atoms with van der Waals surface area (Å²) in [6.45, 7) is 2.68. The lowest BCUT2D eigenvalue weighted by atomic mass is 10.3. The van der Waals surface area contributed by atoms with E-state index in [1.54, 1.807) is 7.11 Å². The van der Waals surface area contributed by atoms with Crippen LogP contribution in [0.15, 0.2) is 42.9 Å². The molecule has 136 valence electrons. The summed E-state index contributed by atoms with van der Waals surface area (Å²) in [6.07, 6.45) is 5.72. The number of aromatic nitrogens is 4. The Labute approximate surface area is 153 Å². The van der Waals surface area contributed by atoms with Crippen LogP contribution in [0.2, 0.25) is 0 Å². The summed E-state index contributed by atoms with van der Waals surface area (Å²) in [7, 11) is 7.60. The monoisotopic (exact) mass is 352 g/mol. The van der Waals surface area contributed by atoms with Crippen molar-refractivity contribution in [2.45, 2.75) is 13.5 Å². The molecule has 1 aromatic carbocycles. The van der Waals surface area contributed by atoms with Crippen LogP contribution in [0.1, 0.15) is 11.1 Å². The maximum Gasteiger partial charge on any atom is 0.227 e. The molecule has 2 heterocycles. The average Bonchev–Trinajstić information content (AvgIpc) is 3.10. The molecular formula is C19H24N6O. The molecule has 0 amide bonds. The average molecular weight is 352 g/mol. The van der Waals surface area contributed by atoms with E-state index < -0.39 is 0 Å². The molecule has 0 saturated heterocycles. The first-order valence-corrected chi connectivity index (χ1v) is 8.38. The van der Waals surface area contributed by atoms with E-state index in [9.17, 15) is 0 Å². The summed E-state index contributed by atoms with van der Waals surface area (Å²) in [4.78, 5) is 13.1. The van der Waals surface area contributed by atoms with Gasteiger partial charge >= 0.3 is 0 Å². The molecule has 0 bridgehead atoms. The third-order valence-corrected chi connectivity index (χ3v) is 4.07. The van der Waals surface area contributed by atoms with Gasteiger partial charge in [0.25, 0.3) is 0 Å². The highest BCUT2D eigenvalue weighted by Gasteiger charge is 2.11. The summed E-state index contributed by atoms with van der Waals surface area (Å²) in [5, 5.41) is 4.45. The first kappa shape index (κ1) is 17.7. The lowest BCUT2D eigenvalue weighted by Gasteiger charge is -2.20. The second-order valence-electron chi connectivity index (χ2n) is 6.42. The number of hydrogen-bond donors (Lipinski definition) is 0. The fraction of sp³-hybridized carbons (Fsp3) is 0.316. The molecule has 2 aromatic heterocycles. The third kappa shape index (κ3) is 3.77. The van der Waals surface area contributed by atoms with E-state index in [4.69, 9.17) is 4.74 Å². The van der Waals surface area contributed by atoms with E-state index in [1.165, 1.54) is 0 Å². The molecule has 0 atom stereocenters. The van der Waals surface area contributed by atoms with Gasteiger partial charge in [0, 0.05) is 57.3 Å². The Hall–Kier alpha value is -3.09. The third-order valence-electron chi connectivity index (χ3n) is 4.07. The Kier molecular flexibility index (Phi) is 5.06. The summed E-state index contributed by atoms with van der Waals surface area (Å²) >= 11 is 0. The number of ether oxygens (including phenoxy) is 1. The van der Waals surface area contributed by atoms with Gasteiger partial charge in [-0.3, -0.25) is 0 Å². The second kappa shape index (κ2) is 7.43. The molecule has 0 fully saturated rings. The SMILES string of the molecule is COc1cccc(-n2cc(CN(C)c3ncc(C)c(N(C)C)n3)cn2)c1. The van der Waals surface area contributed by atoms with Crippen LogP contribution < -0.4 is 14.5 Å². The van der Waals surface area contributed by atoms with Crippen LogP contribution in [0.3, 0.4) is 0 Å². The molecule has 0 aliphatic rings. The zero-order valence-electron chi connectivity index (χ0n) is 15.8. The van der Waals surface area contributed by atoms with Crippen molar-refractivity contribution in [2.24, 2.45) is 0 Å². The lowest BCUT2D eigenvalue weighted by molar-refractivity contribution is 0.414. The first-order chi connectivity index (χ1) is 12.5. The van der Waals surface area contributed by atoms with Crippen molar-refractivity contribution in [3.8, 4) is 11.4 Å². The number of methoxy groups -OCH3 is 1. The van der Waals surface area contributed by atoms with Crippen LogP contribution in [0.4, 0.5) is 11.8 Å². The first-order valence-electron chi connectivity index (χ1n) is 8.38. The second-order valence-corrected chi connectivity index (χ2v) is 6.42. The van der Waals surface area contributed by atoms with Gasteiger partial charge in [-0.1, -0.05) is 6.07 Å². The molecular weight excluding hydrogens is 328 g/mol. The summed E-state index contributed by atoms with van der Waals surface area (Å²) < 4.78 is 7.12. The fourth-order valence-corrected chi connectivity index (χ4v) is 2.74. The van der Waals surface area contributed by atoms with Crippen LogP contribution in [-0.2, 0) is 6.54 Å². The Balaban J connectivity index is 1.77. The molecule has 7 heteroatoms. The standard InChI is InChI=1S/C19H24N6O/c1-14-10-20-19(22-18(14)23(2)3)24(4)12-15-11-21-25(13-15)16-7-6-8-17(9-16)26-5/h6-11,13H,12H2,1-5H3. The Morgan fingerprint density at radius 3 is 2.69 bits per heavy atom. The van der Waals surface area contributed by atoms with Crippen molar-refractivity contribution >= 4 is 11.8 Å². The zero-order valence-corrected chi connectivity index (χ0v) is 15.8. The molecule has 0 aliphatic heterocycles. The Morgan fingerprint density at radius 1 is 1.15 bits per heavy atom. The van der Waals surface area contributed by atoms with E-state index >= 15 is 0 Å². The number of anilines is 2. The smallest absolute Gasteiger partial charge is 0.227 e. The van der Waals surface area contributed by atoms with Crippen molar-refractivity contribution in [3.05, 3.63) is 54.0 Å². The van der Waals surface area contributed by atoms with Crippen molar-refractivity contribution in [1.29, 1.82) is 0 Å². The van der Waals surface area contributed by atoms with Gasteiger partial charge in [0.15, 0.2) is 0 Å². The van der Waals surface area contributed by atoms with Gasteiger partial charge in [0.1, 0.15) is 11.6 Å². The van der Waals surface area contributed by atoms with Gasteiger partial charge in [-0.15, -0.1) is 0 Å². The minimum Gasteiger partial charge on any atom is -0.497 e. The predicted molar refractivity (Wildman–Crippen MR) is 103 cm³/mol. The van der Waals surface area contributed by atoms with Crippen molar-refractivity contribution in [3.63, 3.8) is 0 Å². The Morgan fingerprint density at radius 2 is 1.96 bits per heavy atom. The molecule has 0 N–H and O–H groups in total. The molecule has 3 rings (SSSR count). The molecule has 7 nitrogen and oxygen atoms in total. The van der Waals surface area contributed by atoms with Gasteiger partial charge in [0.05, 0.1) is 19.0 Å².